The zero-order valence-electron chi connectivity index (χ0n) is 13.9. The maximum Gasteiger partial charge on any atom is 0.329 e. The first-order valence-electron chi connectivity index (χ1n) is 8.14. The third-order valence-corrected chi connectivity index (χ3v) is 4.79. The minimum atomic E-state index is -1.20. The Bertz CT molecular complexity index is 781. The van der Waals surface area contributed by atoms with Crippen molar-refractivity contribution in [1.82, 2.24) is 19.9 Å². The molecule has 0 saturated heterocycles. The van der Waals surface area contributed by atoms with Gasteiger partial charge in [-0.3, -0.25) is 4.79 Å². The lowest BCUT2D eigenvalue weighted by Crippen LogP contribution is -2.56. The summed E-state index contributed by atoms with van der Waals surface area (Å²) in [7, 11) is 1.50. The van der Waals surface area contributed by atoms with Crippen molar-refractivity contribution in [3.63, 3.8) is 0 Å². The van der Waals surface area contributed by atoms with Gasteiger partial charge in [-0.05, 0) is 37.1 Å². The standard InChI is InChI=1S/C17H19FN4O3/c1-21(17(16(24)25)9-3-2-4-10-17)15(23)14-11-19-22(20-14)13-7-5-12(18)6-8-13/h5-8,11H,2-4,9-10H2,1H3,(H,24,25). The number of carboxylic acid groups (broad SMARTS) is 1. The molecule has 8 heteroatoms. The Morgan fingerprint density at radius 1 is 1.20 bits per heavy atom. The number of halogens is 1. The fourth-order valence-corrected chi connectivity index (χ4v) is 3.26. The summed E-state index contributed by atoms with van der Waals surface area (Å²) in [6, 6.07) is 5.53. The van der Waals surface area contributed by atoms with Crippen molar-refractivity contribution in [2.45, 2.75) is 37.6 Å². The Labute approximate surface area is 144 Å². The van der Waals surface area contributed by atoms with Crippen LogP contribution in [0, 0.1) is 5.82 Å². The van der Waals surface area contributed by atoms with Crippen LogP contribution in [-0.4, -0.2) is 49.5 Å². The maximum absolute atomic E-state index is 13.0. The number of hydrogen-bond donors (Lipinski definition) is 1. The molecule has 2 aromatic rings. The van der Waals surface area contributed by atoms with Crippen LogP contribution in [0.1, 0.15) is 42.6 Å². The van der Waals surface area contributed by atoms with Gasteiger partial charge in [-0.25, -0.2) is 9.18 Å². The molecule has 0 radical (unpaired) electrons. The van der Waals surface area contributed by atoms with E-state index in [0.29, 0.717) is 18.5 Å². The second-order valence-corrected chi connectivity index (χ2v) is 6.26. The highest BCUT2D eigenvalue weighted by atomic mass is 19.1. The van der Waals surface area contributed by atoms with Gasteiger partial charge in [-0.1, -0.05) is 19.3 Å². The molecule has 1 amide bonds. The summed E-state index contributed by atoms with van der Waals surface area (Å²) in [5, 5.41) is 17.8. The summed E-state index contributed by atoms with van der Waals surface area (Å²) in [6.45, 7) is 0. The Hall–Kier alpha value is -2.77. The number of aliphatic carboxylic acids is 1. The molecule has 0 bridgehead atoms. The van der Waals surface area contributed by atoms with Crippen molar-refractivity contribution in [3.8, 4) is 5.69 Å². The van der Waals surface area contributed by atoms with E-state index in [9.17, 15) is 19.1 Å². The summed E-state index contributed by atoms with van der Waals surface area (Å²) in [5.74, 6) is -1.86. The fourth-order valence-electron chi connectivity index (χ4n) is 3.26. The minimum Gasteiger partial charge on any atom is -0.479 e. The topological polar surface area (TPSA) is 88.3 Å². The number of nitrogens with zero attached hydrogens (tertiary/aromatic N) is 4. The molecule has 7 nitrogen and oxygen atoms in total. The molecule has 132 valence electrons. The molecule has 1 aromatic heterocycles. The lowest BCUT2D eigenvalue weighted by Gasteiger charge is -2.40. The number of carboxylic acids is 1. The maximum atomic E-state index is 13.0. The Kier molecular flexibility index (Phi) is 4.52. The molecule has 1 aliphatic carbocycles. The normalized spacial score (nSPS) is 16.4. The Morgan fingerprint density at radius 2 is 1.84 bits per heavy atom. The van der Waals surface area contributed by atoms with Crippen molar-refractivity contribution >= 4 is 11.9 Å². The molecule has 1 aliphatic rings. The van der Waals surface area contributed by atoms with E-state index in [1.165, 1.54) is 47.2 Å². The molecule has 3 rings (SSSR count). The van der Waals surface area contributed by atoms with Crippen molar-refractivity contribution in [2.24, 2.45) is 0 Å². The highest BCUT2D eigenvalue weighted by Crippen LogP contribution is 2.34. The van der Waals surface area contributed by atoms with Crippen LogP contribution in [-0.2, 0) is 4.79 Å². The SMILES string of the molecule is CN(C(=O)c1cnn(-c2ccc(F)cc2)n1)C1(C(=O)O)CCCCC1. The predicted molar refractivity (Wildman–Crippen MR) is 86.9 cm³/mol. The number of hydrogen-bond acceptors (Lipinski definition) is 4. The van der Waals surface area contributed by atoms with E-state index in [-0.39, 0.29) is 11.5 Å². The third-order valence-electron chi connectivity index (χ3n) is 4.79. The summed E-state index contributed by atoms with van der Waals surface area (Å²) in [5.41, 5.74) is -0.638. The fraction of sp³-hybridized carbons (Fsp3) is 0.412. The van der Waals surface area contributed by atoms with Crippen LogP contribution < -0.4 is 0 Å². The number of rotatable bonds is 4. The van der Waals surface area contributed by atoms with E-state index in [1.807, 2.05) is 0 Å². The lowest BCUT2D eigenvalue weighted by molar-refractivity contribution is -0.151. The monoisotopic (exact) mass is 346 g/mol. The summed E-state index contributed by atoms with van der Waals surface area (Å²) in [4.78, 5) is 27.1. The van der Waals surface area contributed by atoms with E-state index in [0.717, 1.165) is 19.3 Å². The number of amides is 1. The molecule has 1 aromatic carbocycles. The van der Waals surface area contributed by atoms with E-state index in [1.54, 1.807) is 0 Å². The van der Waals surface area contributed by atoms with Gasteiger partial charge in [0, 0.05) is 7.05 Å². The molecule has 1 saturated carbocycles. The van der Waals surface area contributed by atoms with Gasteiger partial charge < -0.3 is 10.0 Å². The zero-order valence-corrected chi connectivity index (χ0v) is 13.9. The van der Waals surface area contributed by atoms with Crippen LogP contribution in [0.15, 0.2) is 30.5 Å². The highest BCUT2D eigenvalue weighted by molar-refractivity contribution is 5.96. The molecular weight excluding hydrogens is 327 g/mol. The third kappa shape index (κ3) is 3.11. The molecule has 1 heterocycles. The number of carbonyl (C=O) groups excluding carboxylic acids is 1. The second kappa shape index (κ2) is 6.62. The average Bonchev–Trinajstić information content (AvgIpc) is 3.11. The molecule has 1 N–H and O–H groups in total. The van der Waals surface area contributed by atoms with Gasteiger partial charge in [0.1, 0.15) is 11.4 Å². The van der Waals surface area contributed by atoms with E-state index in [2.05, 4.69) is 10.2 Å². The van der Waals surface area contributed by atoms with Crippen molar-refractivity contribution < 1.29 is 19.1 Å². The van der Waals surface area contributed by atoms with Gasteiger partial charge in [0.05, 0.1) is 11.9 Å². The molecular formula is C17H19FN4O3. The van der Waals surface area contributed by atoms with Gasteiger partial charge in [-0.2, -0.15) is 9.90 Å². The number of likely N-dealkylation sites (N-methyl/N-ethyl adjacent to an activating group) is 1. The van der Waals surface area contributed by atoms with Crippen LogP contribution in [0.4, 0.5) is 4.39 Å². The van der Waals surface area contributed by atoms with Gasteiger partial charge in [0.2, 0.25) is 0 Å². The van der Waals surface area contributed by atoms with Crippen LogP contribution in [0.2, 0.25) is 0 Å². The average molecular weight is 346 g/mol. The highest BCUT2D eigenvalue weighted by Gasteiger charge is 2.46. The van der Waals surface area contributed by atoms with Gasteiger partial charge >= 0.3 is 5.97 Å². The largest absolute Gasteiger partial charge is 0.479 e. The summed E-state index contributed by atoms with van der Waals surface area (Å²) in [6.07, 6.45) is 4.66. The van der Waals surface area contributed by atoms with Crippen LogP contribution in [0.25, 0.3) is 5.69 Å². The summed E-state index contributed by atoms with van der Waals surface area (Å²) < 4.78 is 13.0. The van der Waals surface area contributed by atoms with Gasteiger partial charge in [0.25, 0.3) is 5.91 Å². The first-order valence-corrected chi connectivity index (χ1v) is 8.14. The Balaban J connectivity index is 1.85. The molecule has 0 spiro atoms. The van der Waals surface area contributed by atoms with E-state index < -0.39 is 17.4 Å². The van der Waals surface area contributed by atoms with Crippen LogP contribution >= 0.6 is 0 Å². The molecule has 0 unspecified atom stereocenters. The number of aromatic nitrogens is 3. The molecule has 25 heavy (non-hydrogen) atoms. The quantitative estimate of drug-likeness (QED) is 0.917. The smallest absolute Gasteiger partial charge is 0.329 e. The molecule has 0 atom stereocenters. The van der Waals surface area contributed by atoms with Crippen molar-refractivity contribution in [1.29, 1.82) is 0 Å². The van der Waals surface area contributed by atoms with Crippen LogP contribution in [0.5, 0.6) is 0 Å². The number of benzene rings is 1. The molecule has 1 fully saturated rings. The zero-order chi connectivity index (χ0) is 18.0. The minimum absolute atomic E-state index is 0.0537. The first-order chi connectivity index (χ1) is 11.9. The van der Waals surface area contributed by atoms with E-state index in [4.69, 9.17) is 0 Å². The predicted octanol–water partition coefficient (Wildman–Crippen LogP) is 2.27. The number of carbonyl (C=O) groups is 2. The van der Waals surface area contributed by atoms with Gasteiger partial charge in [0.15, 0.2) is 5.69 Å². The van der Waals surface area contributed by atoms with Gasteiger partial charge in [-0.15, -0.1) is 5.10 Å². The van der Waals surface area contributed by atoms with Crippen molar-refractivity contribution in [2.75, 3.05) is 7.05 Å². The molecule has 0 aliphatic heterocycles. The van der Waals surface area contributed by atoms with Crippen molar-refractivity contribution in [3.05, 3.63) is 42.0 Å². The summed E-state index contributed by atoms with van der Waals surface area (Å²) >= 11 is 0. The first kappa shape index (κ1) is 17.1. The van der Waals surface area contributed by atoms with Crippen LogP contribution in [0.3, 0.4) is 0 Å². The second-order valence-electron chi connectivity index (χ2n) is 6.26. The van der Waals surface area contributed by atoms with E-state index >= 15 is 0 Å². The lowest BCUT2D eigenvalue weighted by atomic mass is 9.80. The Morgan fingerprint density at radius 3 is 2.44 bits per heavy atom.